The van der Waals surface area contributed by atoms with Gasteiger partial charge in [-0.1, -0.05) is 13.0 Å². The van der Waals surface area contributed by atoms with Gasteiger partial charge in [-0.25, -0.2) is 17.5 Å². The van der Waals surface area contributed by atoms with Gasteiger partial charge in [0.25, 0.3) is 0 Å². The lowest BCUT2D eigenvalue weighted by Crippen LogP contribution is -2.30. The van der Waals surface area contributed by atoms with E-state index < -0.39 is 15.8 Å². The summed E-state index contributed by atoms with van der Waals surface area (Å²) < 4.78 is 44.8. The highest BCUT2D eigenvalue weighted by Gasteiger charge is 2.19. The van der Waals surface area contributed by atoms with E-state index in [1.807, 2.05) is 6.92 Å². The number of hydrogen-bond donors (Lipinski definition) is 2. The van der Waals surface area contributed by atoms with Crippen LogP contribution in [0.4, 0.5) is 4.39 Å². The summed E-state index contributed by atoms with van der Waals surface area (Å²) in [6.45, 7) is 2.61. The molecule has 19 heavy (non-hydrogen) atoms. The van der Waals surface area contributed by atoms with Crippen molar-refractivity contribution in [2.45, 2.75) is 18.4 Å². The Morgan fingerprint density at radius 3 is 2.68 bits per heavy atom. The van der Waals surface area contributed by atoms with Crippen molar-refractivity contribution in [1.82, 2.24) is 4.72 Å². The van der Waals surface area contributed by atoms with E-state index in [-0.39, 0.29) is 23.9 Å². The molecular weight excluding hydrogens is 271 g/mol. The molecule has 0 saturated carbocycles. The van der Waals surface area contributed by atoms with Crippen molar-refractivity contribution in [3.8, 4) is 0 Å². The molecule has 0 heterocycles. The van der Waals surface area contributed by atoms with Crippen LogP contribution in [0.15, 0.2) is 23.1 Å². The van der Waals surface area contributed by atoms with Gasteiger partial charge in [-0.15, -0.1) is 0 Å². The Hall–Kier alpha value is -1.02. The van der Waals surface area contributed by atoms with E-state index in [9.17, 15) is 12.8 Å². The lowest BCUT2D eigenvalue weighted by molar-refractivity contribution is 0.161. The molecule has 0 fully saturated rings. The summed E-state index contributed by atoms with van der Waals surface area (Å²) in [7, 11) is -2.31. The molecule has 1 rings (SSSR count). The zero-order chi connectivity index (χ0) is 14.5. The van der Waals surface area contributed by atoms with Gasteiger partial charge >= 0.3 is 0 Å². The number of rotatable bonds is 7. The van der Waals surface area contributed by atoms with Crippen molar-refractivity contribution in [1.29, 1.82) is 0 Å². The smallest absolute Gasteiger partial charge is 0.243 e. The largest absolute Gasteiger partial charge is 0.384 e. The summed E-state index contributed by atoms with van der Waals surface area (Å²) in [6.07, 6.45) is 0. The lowest BCUT2D eigenvalue weighted by atomic mass is 10.2. The number of benzene rings is 1. The third kappa shape index (κ3) is 4.54. The number of nitrogens with one attached hydrogen (secondary N) is 1. The van der Waals surface area contributed by atoms with Crippen molar-refractivity contribution in [2.75, 3.05) is 20.3 Å². The van der Waals surface area contributed by atoms with E-state index in [2.05, 4.69) is 4.72 Å². The third-order valence-electron chi connectivity index (χ3n) is 2.59. The predicted molar refractivity (Wildman–Crippen MR) is 70.5 cm³/mol. The molecule has 0 aromatic heterocycles. The van der Waals surface area contributed by atoms with Crippen LogP contribution in [0.5, 0.6) is 0 Å². The van der Waals surface area contributed by atoms with Crippen LogP contribution in [0.3, 0.4) is 0 Å². The predicted octanol–water partition coefficient (Wildman–Crippen LogP) is 0.845. The Morgan fingerprint density at radius 2 is 2.16 bits per heavy atom. The van der Waals surface area contributed by atoms with Gasteiger partial charge in [-0.05, 0) is 23.6 Å². The lowest BCUT2D eigenvalue weighted by Gasteiger charge is -2.12. The first-order valence-corrected chi connectivity index (χ1v) is 7.36. The fourth-order valence-electron chi connectivity index (χ4n) is 1.56. The molecule has 1 atom stereocenters. The van der Waals surface area contributed by atoms with Crippen LogP contribution in [0.1, 0.15) is 12.5 Å². The van der Waals surface area contributed by atoms with Gasteiger partial charge < -0.3 is 10.5 Å². The summed E-state index contributed by atoms with van der Waals surface area (Å²) in [6, 6.07) is 3.85. The van der Waals surface area contributed by atoms with E-state index >= 15 is 0 Å². The quantitative estimate of drug-likeness (QED) is 0.780. The Bertz CT molecular complexity index is 520. The number of nitrogens with two attached hydrogens (primary N) is 1. The fourth-order valence-corrected chi connectivity index (χ4v) is 2.78. The molecule has 0 amide bonds. The van der Waals surface area contributed by atoms with Gasteiger partial charge in [0, 0.05) is 26.8 Å². The number of sulfonamides is 1. The SMILES string of the molecule is COCC(C)CNS(=O)(=O)c1ccc(CN)cc1F. The maximum Gasteiger partial charge on any atom is 0.243 e. The second kappa shape index (κ2) is 6.95. The Morgan fingerprint density at radius 1 is 1.47 bits per heavy atom. The van der Waals surface area contributed by atoms with Crippen LogP contribution in [0.25, 0.3) is 0 Å². The minimum atomic E-state index is -3.85. The highest BCUT2D eigenvalue weighted by Crippen LogP contribution is 2.16. The number of ether oxygens (including phenoxy) is 1. The molecule has 1 aromatic rings. The van der Waals surface area contributed by atoms with Crippen LogP contribution in [0, 0.1) is 11.7 Å². The van der Waals surface area contributed by atoms with Gasteiger partial charge in [0.05, 0.1) is 0 Å². The normalized spacial score (nSPS) is 13.5. The zero-order valence-corrected chi connectivity index (χ0v) is 11.8. The van der Waals surface area contributed by atoms with Crippen LogP contribution < -0.4 is 10.5 Å². The Labute approximate surface area is 113 Å². The van der Waals surface area contributed by atoms with E-state index in [0.717, 1.165) is 6.07 Å². The molecule has 3 N–H and O–H groups in total. The molecule has 0 radical (unpaired) electrons. The average molecular weight is 290 g/mol. The standard InChI is InChI=1S/C12H19FN2O3S/c1-9(8-18-2)7-15-19(16,17)12-4-3-10(6-14)5-11(12)13/h3-5,9,15H,6-8,14H2,1-2H3. The second-order valence-corrected chi connectivity index (χ2v) is 6.12. The first-order valence-electron chi connectivity index (χ1n) is 5.87. The van der Waals surface area contributed by atoms with Gasteiger partial charge in [0.1, 0.15) is 10.7 Å². The first-order chi connectivity index (χ1) is 8.90. The van der Waals surface area contributed by atoms with Crippen LogP contribution in [-0.2, 0) is 21.3 Å². The Balaban J connectivity index is 2.83. The summed E-state index contributed by atoms with van der Waals surface area (Å²) in [5.74, 6) is -0.791. The minimum absolute atomic E-state index is 0.00570. The molecule has 7 heteroatoms. The van der Waals surface area contributed by atoms with E-state index in [0.29, 0.717) is 12.2 Å². The van der Waals surface area contributed by atoms with Gasteiger partial charge in [0.15, 0.2) is 0 Å². The van der Waals surface area contributed by atoms with Crippen LogP contribution in [-0.4, -0.2) is 28.7 Å². The molecule has 0 aliphatic carbocycles. The van der Waals surface area contributed by atoms with Crippen molar-refractivity contribution in [2.24, 2.45) is 11.7 Å². The fraction of sp³-hybridized carbons (Fsp3) is 0.500. The number of methoxy groups -OCH3 is 1. The summed E-state index contributed by atoms with van der Waals surface area (Å²) in [5.41, 5.74) is 5.91. The Kier molecular flexibility index (Phi) is 5.86. The van der Waals surface area contributed by atoms with Crippen molar-refractivity contribution >= 4 is 10.0 Å². The van der Waals surface area contributed by atoms with E-state index in [1.165, 1.54) is 19.2 Å². The third-order valence-corrected chi connectivity index (χ3v) is 4.05. The summed E-state index contributed by atoms with van der Waals surface area (Å²) >= 11 is 0. The minimum Gasteiger partial charge on any atom is -0.384 e. The molecule has 0 aliphatic rings. The highest BCUT2D eigenvalue weighted by molar-refractivity contribution is 7.89. The topological polar surface area (TPSA) is 81.4 Å². The number of hydrogen-bond acceptors (Lipinski definition) is 4. The molecule has 0 spiro atoms. The second-order valence-electron chi connectivity index (χ2n) is 4.38. The average Bonchev–Trinajstić information content (AvgIpc) is 2.36. The van der Waals surface area contributed by atoms with Gasteiger partial charge in [-0.2, -0.15) is 0 Å². The maximum atomic E-state index is 13.7. The molecule has 1 aromatic carbocycles. The first kappa shape index (κ1) is 16.0. The summed E-state index contributed by atoms with van der Waals surface area (Å²) in [5, 5.41) is 0. The van der Waals surface area contributed by atoms with E-state index in [4.69, 9.17) is 10.5 Å². The maximum absolute atomic E-state index is 13.7. The molecule has 5 nitrogen and oxygen atoms in total. The molecule has 0 aliphatic heterocycles. The highest BCUT2D eigenvalue weighted by atomic mass is 32.2. The molecule has 108 valence electrons. The molecular formula is C12H19FN2O3S. The van der Waals surface area contributed by atoms with Gasteiger partial charge in [0.2, 0.25) is 10.0 Å². The molecule has 0 saturated heterocycles. The van der Waals surface area contributed by atoms with E-state index in [1.54, 1.807) is 0 Å². The molecule has 1 unspecified atom stereocenters. The van der Waals surface area contributed by atoms with Crippen molar-refractivity contribution in [3.63, 3.8) is 0 Å². The number of halogens is 1. The van der Waals surface area contributed by atoms with Crippen LogP contribution in [0.2, 0.25) is 0 Å². The van der Waals surface area contributed by atoms with Crippen molar-refractivity contribution < 1.29 is 17.5 Å². The molecule has 0 bridgehead atoms. The van der Waals surface area contributed by atoms with Crippen molar-refractivity contribution in [3.05, 3.63) is 29.6 Å². The van der Waals surface area contributed by atoms with Gasteiger partial charge in [-0.3, -0.25) is 0 Å². The monoisotopic (exact) mass is 290 g/mol. The summed E-state index contributed by atoms with van der Waals surface area (Å²) in [4.78, 5) is -0.366. The zero-order valence-electron chi connectivity index (χ0n) is 11.0. The van der Waals surface area contributed by atoms with Crippen LogP contribution >= 0.6 is 0 Å².